The molecule has 0 N–H and O–H groups in total. The molecule has 0 bridgehead atoms. The molecule has 3 aromatic carbocycles. The summed E-state index contributed by atoms with van der Waals surface area (Å²) >= 11 is 6.42. The van der Waals surface area contributed by atoms with E-state index < -0.39 is 20.6 Å². The second-order valence-electron chi connectivity index (χ2n) is 12.2. The van der Waals surface area contributed by atoms with E-state index in [2.05, 4.69) is 22.0 Å². The largest absolute Gasteiger partial charge is 0.495 e. The number of hydrogen-bond donors (Lipinski definition) is 0. The van der Waals surface area contributed by atoms with Gasteiger partial charge in [0.15, 0.2) is 15.5 Å². The Morgan fingerprint density at radius 1 is 0.935 bits per heavy atom. The highest BCUT2D eigenvalue weighted by molar-refractivity contribution is 7.92. The maximum atomic E-state index is 14.4. The van der Waals surface area contributed by atoms with Gasteiger partial charge in [0.1, 0.15) is 16.7 Å². The van der Waals surface area contributed by atoms with Gasteiger partial charge in [-0.3, -0.25) is 9.88 Å². The summed E-state index contributed by atoms with van der Waals surface area (Å²) in [6.45, 7) is 0. The average molecular weight is 646 g/mol. The SMILES string of the molecule is COc1cc(-c2c(-c3ccncc3)nn3c4c(cnc23)CC2C(S(=O)(=O)c3ccccc3)C3(c5ccccc5)CC4N23)ccc1Cl. The Morgan fingerprint density at radius 2 is 1.67 bits per heavy atom. The lowest BCUT2D eigenvalue weighted by atomic mass is 9.56. The highest BCUT2D eigenvalue weighted by atomic mass is 35.5. The molecule has 9 rings (SSSR count). The third-order valence-corrected chi connectivity index (χ3v) is 12.7. The van der Waals surface area contributed by atoms with Gasteiger partial charge in [-0.15, -0.1) is 0 Å². The van der Waals surface area contributed by atoms with E-state index in [0.29, 0.717) is 28.5 Å². The van der Waals surface area contributed by atoms with Crippen LogP contribution in [0.15, 0.2) is 114 Å². The first-order valence-electron chi connectivity index (χ1n) is 15.2. The summed E-state index contributed by atoms with van der Waals surface area (Å²) in [6.07, 6.45) is 6.66. The Hall–Kier alpha value is -4.57. The van der Waals surface area contributed by atoms with Crippen molar-refractivity contribution in [3.8, 4) is 28.1 Å². The summed E-state index contributed by atoms with van der Waals surface area (Å²) in [5, 5.41) is 5.17. The second-order valence-corrected chi connectivity index (χ2v) is 14.7. The molecule has 2 fully saturated rings. The monoisotopic (exact) mass is 645 g/mol. The molecular formula is C36H28ClN5O3S. The highest BCUT2D eigenvalue weighted by Gasteiger charge is 2.76. The van der Waals surface area contributed by atoms with E-state index in [4.69, 9.17) is 26.4 Å². The summed E-state index contributed by atoms with van der Waals surface area (Å²) < 4.78 is 36.3. The van der Waals surface area contributed by atoms with E-state index in [1.807, 2.05) is 65.3 Å². The van der Waals surface area contributed by atoms with Crippen molar-refractivity contribution in [2.75, 3.05) is 7.11 Å². The van der Waals surface area contributed by atoms with Crippen molar-refractivity contribution < 1.29 is 13.2 Å². The molecule has 0 amide bonds. The molecule has 0 saturated carbocycles. The molecule has 0 aliphatic carbocycles. The zero-order valence-corrected chi connectivity index (χ0v) is 26.4. The standard InChI is InChI=1S/C36H28ClN5O3S/c1-45-30-19-23(12-13-27(30)37)31-32(22-14-16-38-17-15-22)40-42-33-24(21-39-35(31)42)18-28-34(46(43,44)26-10-6-3-7-11-26)36(20-29(33)41(28)36)25-8-4-2-5-9-25/h2-17,19,21,28-29,34H,18,20H2,1H3. The molecular weight excluding hydrogens is 618 g/mol. The molecule has 8 nitrogen and oxygen atoms in total. The van der Waals surface area contributed by atoms with E-state index in [1.165, 1.54) is 0 Å². The smallest absolute Gasteiger partial charge is 0.184 e. The quantitative estimate of drug-likeness (QED) is 0.203. The molecule has 2 saturated heterocycles. The number of sulfone groups is 1. The maximum Gasteiger partial charge on any atom is 0.184 e. The molecule has 4 unspecified atom stereocenters. The molecule has 6 aromatic rings. The summed E-state index contributed by atoms with van der Waals surface area (Å²) in [5.74, 6) is 0.567. The number of fused-ring (bicyclic) bond motifs is 4. The molecule has 46 heavy (non-hydrogen) atoms. The summed E-state index contributed by atoms with van der Waals surface area (Å²) in [6, 6.07) is 28.4. The minimum Gasteiger partial charge on any atom is -0.495 e. The van der Waals surface area contributed by atoms with Crippen molar-refractivity contribution in [2.24, 2.45) is 0 Å². The molecule has 6 heterocycles. The maximum absolute atomic E-state index is 14.4. The second kappa shape index (κ2) is 9.96. The predicted molar refractivity (Wildman–Crippen MR) is 175 cm³/mol. The topological polar surface area (TPSA) is 89.7 Å². The van der Waals surface area contributed by atoms with Crippen molar-refractivity contribution in [3.63, 3.8) is 0 Å². The van der Waals surface area contributed by atoms with Crippen LogP contribution in [0.1, 0.15) is 29.3 Å². The highest BCUT2D eigenvalue weighted by Crippen LogP contribution is 2.68. The van der Waals surface area contributed by atoms with Crippen molar-refractivity contribution in [1.29, 1.82) is 0 Å². The van der Waals surface area contributed by atoms with Crippen molar-refractivity contribution in [1.82, 2.24) is 24.5 Å². The molecule has 3 aliphatic rings. The Balaban J connectivity index is 1.24. The third-order valence-electron chi connectivity index (χ3n) is 10.1. The van der Waals surface area contributed by atoms with Crippen LogP contribution in [-0.4, -0.2) is 51.3 Å². The van der Waals surface area contributed by atoms with Gasteiger partial charge in [-0.25, -0.2) is 17.9 Å². The molecule has 0 spiro atoms. The van der Waals surface area contributed by atoms with Crippen LogP contribution in [0, 0.1) is 0 Å². The van der Waals surface area contributed by atoms with E-state index in [-0.39, 0.29) is 12.1 Å². The summed E-state index contributed by atoms with van der Waals surface area (Å²) in [4.78, 5) is 12.0. The number of methoxy groups -OCH3 is 1. The number of nitrogens with zero attached hydrogens (tertiary/aromatic N) is 5. The first-order valence-corrected chi connectivity index (χ1v) is 17.1. The Bertz CT molecular complexity index is 2260. The van der Waals surface area contributed by atoms with Gasteiger partial charge in [-0.1, -0.05) is 66.2 Å². The molecule has 0 radical (unpaired) electrons. The van der Waals surface area contributed by atoms with Gasteiger partial charge in [-0.05, 0) is 65.9 Å². The number of aromatic nitrogens is 4. The van der Waals surface area contributed by atoms with Gasteiger partial charge in [0.05, 0.1) is 39.9 Å². The molecule has 4 atom stereocenters. The van der Waals surface area contributed by atoms with Crippen LogP contribution in [-0.2, 0) is 21.8 Å². The fourth-order valence-electron chi connectivity index (χ4n) is 8.22. The van der Waals surface area contributed by atoms with Crippen LogP contribution >= 0.6 is 11.6 Å². The van der Waals surface area contributed by atoms with Gasteiger partial charge in [0, 0.05) is 30.2 Å². The normalized spacial score (nSPS) is 23.2. The Kier molecular flexibility index (Phi) is 6.00. The lowest BCUT2D eigenvalue weighted by molar-refractivity contribution is -0.212. The summed E-state index contributed by atoms with van der Waals surface area (Å²) in [5.41, 5.74) is 6.66. The molecule has 228 valence electrons. The minimum absolute atomic E-state index is 0.0144. The van der Waals surface area contributed by atoms with Crippen LogP contribution in [0.4, 0.5) is 0 Å². The molecule has 3 aromatic heterocycles. The van der Waals surface area contributed by atoms with Crippen molar-refractivity contribution in [3.05, 3.63) is 131 Å². The molecule has 10 heteroatoms. The first kappa shape index (κ1) is 27.7. The van der Waals surface area contributed by atoms with Gasteiger partial charge in [-0.2, -0.15) is 5.10 Å². The van der Waals surface area contributed by atoms with Crippen LogP contribution in [0.2, 0.25) is 5.02 Å². The molecule has 3 aliphatic heterocycles. The van der Waals surface area contributed by atoms with Gasteiger partial charge < -0.3 is 4.74 Å². The number of piperidine rings is 1. The summed E-state index contributed by atoms with van der Waals surface area (Å²) in [7, 11) is -2.03. The van der Waals surface area contributed by atoms with E-state index >= 15 is 0 Å². The van der Waals surface area contributed by atoms with E-state index in [0.717, 1.165) is 44.9 Å². The zero-order valence-electron chi connectivity index (χ0n) is 24.8. The van der Waals surface area contributed by atoms with Crippen LogP contribution in [0.25, 0.3) is 28.0 Å². The zero-order chi connectivity index (χ0) is 31.2. The first-order chi connectivity index (χ1) is 22.4. The number of ether oxygens (including phenoxy) is 1. The average Bonchev–Trinajstić information content (AvgIpc) is 3.46. The lowest BCUT2D eigenvalue weighted by Crippen LogP contribution is -2.85. The minimum atomic E-state index is -3.63. The predicted octanol–water partition coefficient (Wildman–Crippen LogP) is 6.54. The van der Waals surface area contributed by atoms with Gasteiger partial charge in [0.25, 0.3) is 0 Å². The van der Waals surface area contributed by atoms with Gasteiger partial charge >= 0.3 is 0 Å². The number of rotatable bonds is 6. The fourth-order valence-corrected chi connectivity index (χ4v) is 10.7. The number of halogens is 1. The van der Waals surface area contributed by atoms with Crippen LogP contribution < -0.4 is 4.74 Å². The van der Waals surface area contributed by atoms with Crippen molar-refractivity contribution in [2.45, 2.75) is 40.6 Å². The lowest BCUT2D eigenvalue weighted by Gasteiger charge is -2.75. The number of hydrogen-bond acceptors (Lipinski definition) is 7. The van der Waals surface area contributed by atoms with E-state index in [1.54, 1.807) is 43.8 Å². The number of pyridine rings is 1. The third kappa shape index (κ3) is 3.64. The Morgan fingerprint density at radius 3 is 2.41 bits per heavy atom. The Labute approximate surface area is 271 Å². The fraction of sp³-hybridized carbons (Fsp3) is 0.194. The van der Waals surface area contributed by atoms with Crippen molar-refractivity contribution >= 4 is 27.1 Å². The number of benzene rings is 3. The van der Waals surface area contributed by atoms with Gasteiger partial charge in [0.2, 0.25) is 0 Å². The van der Waals surface area contributed by atoms with Crippen LogP contribution in [0.5, 0.6) is 5.75 Å². The van der Waals surface area contributed by atoms with Crippen LogP contribution in [0.3, 0.4) is 0 Å². The van der Waals surface area contributed by atoms with E-state index in [9.17, 15) is 8.42 Å².